The molecule has 2 aromatic carbocycles. The quantitative estimate of drug-likeness (QED) is 0.897. The lowest BCUT2D eigenvalue weighted by Crippen LogP contribution is -2.94. The molecule has 2 N–H and O–H groups in total. The average Bonchev–Trinajstić information content (AvgIpc) is 2.92. The first kappa shape index (κ1) is 17.3. The summed E-state index contributed by atoms with van der Waals surface area (Å²) in [6.45, 7) is 5.43. The zero-order valence-electron chi connectivity index (χ0n) is 15.8. The maximum atomic E-state index is 13.1. The number of amides is 1. The molecule has 1 fully saturated rings. The summed E-state index contributed by atoms with van der Waals surface area (Å²) >= 11 is 0. The third-order valence-corrected chi connectivity index (χ3v) is 6.50. The molecule has 0 saturated heterocycles. The topological polar surface area (TPSA) is 36.9 Å². The lowest BCUT2D eigenvalue weighted by Gasteiger charge is -2.35. The highest BCUT2D eigenvalue weighted by atomic mass is 16.2. The van der Waals surface area contributed by atoms with Crippen LogP contribution in [0.25, 0.3) is 0 Å². The standard InChI is InChI=1S/C23H28N2O/c1-16-9-8-14-21(17(16)2)24-22-19-12-6-7-13-20(19)23(26)25(22)15-18-10-4-3-5-11-18/h3-7,10-13,16-17,21-22,24H,8-9,14-15H2,1-2H3/p+1/t16-,17-,21+,22+/m1/s1. The van der Waals surface area contributed by atoms with E-state index in [2.05, 4.69) is 48.3 Å². The second-order valence-corrected chi connectivity index (χ2v) is 8.07. The molecular formula is C23H29N2O+. The Morgan fingerprint density at radius 3 is 2.54 bits per heavy atom. The molecule has 0 unspecified atom stereocenters. The van der Waals surface area contributed by atoms with Crippen molar-refractivity contribution in [2.24, 2.45) is 11.8 Å². The Morgan fingerprint density at radius 1 is 1.00 bits per heavy atom. The van der Waals surface area contributed by atoms with Crippen LogP contribution in [0.5, 0.6) is 0 Å². The van der Waals surface area contributed by atoms with Gasteiger partial charge in [0.1, 0.15) is 0 Å². The maximum Gasteiger partial charge on any atom is 0.259 e. The summed E-state index contributed by atoms with van der Waals surface area (Å²) in [4.78, 5) is 15.2. The lowest BCUT2D eigenvalue weighted by molar-refractivity contribution is -0.751. The third kappa shape index (κ3) is 3.16. The largest absolute Gasteiger partial charge is 0.320 e. The smallest absolute Gasteiger partial charge is 0.259 e. The summed E-state index contributed by atoms with van der Waals surface area (Å²) in [6.07, 6.45) is 3.97. The minimum absolute atomic E-state index is 0.0941. The van der Waals surface area contributed by atoms with Gasteiger partial charge in [-0.1, -0.05) is 62.4 Å². The van der Waals surface area contributed by atoms with Gasteiger partial charge in [0.25, 0.3) is 5.91 Å². The Morgan fingerprint density at radius 2 is 1.73 bits per heavy atom. The van der Waals surface area contributed by atoms with Crippen LogP contribution >= 0.6 is 0 Å². The van der Waals surface area contributed by atoms with Crippen molar-refractivity contribution in [3.8, 4) is 0 Å². The summed E-state index contributed by atoms with van der Waals surface area (Å²) in [6, 6.07) is 19.1. The van der Waals surface area contributed by atoms with Gasteiger partial charge in [0, 0.05) is 11.5 Å². The van der Waals surface area contributed by atoms with Gasteiger partial charge in [-0.05, 0) is 36.8 Å². The Bertz CT molecular complexity index is 773. The van der Waals surface area contributed by atoms with E-state index in [0.717, 1.165) is 11.5 Å². The summed E-state index contributed by atoms with van der Waals surface area (Å²) in [5, 5.41) is 2.48. The first-order chi connectivity index (χ1) is 12.6. The number of carbonyl (C=O) groups is 1. The number of quaternary nitrogens is 1. The fourth-order valence-electron chi connectivity index (χ4n) is 4.69. The van der Waals surface area contributed by atoms with Crippen molar-refractivity contribution in [1.29, 1.82) is 0 Å². The number of nitrogens with zero attached hydrogens (tertiary/aromatic N) is 1. The van der Waals surface area contributed by atoms with Gasteiger partial charge in [-0.2, -0.15) is 0 Å². The molecule has 1 heterocycles. The third-order valence-electron chi connectivity index (χ3n) is 6.50. The Labute approximate surface area is 156 Å². The second-order valence-electron chi connectivity index (χ2n) is 8.07. The molecule has 0 spiro atoms. The van der Waals surface area contributed by atoms with Crippen LogP contribution in [0.1, 0.15) is 60.8 Å². The van der Waals surface area contributed by atoms with Crippen molar-refractivity contribution in [2.45, 2.75) is 51.9 Å². The molecule has 2 aromatic rings. The van der Waals surface area contributed by atoms with Crippen LogP contribution in [-0.2, 0) is 6.54 Å². The van der Waals surface area contributed by atoms with Gasteiger partial charge in [0.2, 0.25) is 0 Å². The van der Waals surface area contributed by atoms with Crippen molar-refractivity contribution in [3.63, 3.8) is 0 Å². The molecule has 3 nitrogen and oxygen atoms in total. The molecule has 0 bridgehead atoms. The molecule has 2 aliphatic rings. The zero-order valence-corrected chi connectivity index (χ0v) is 15.8. The van der Waals surface area contributed by atoms with Crippen LogP contribution in [0.2, 0.25) is 0 Å². The Balaban J connectivity index is 1.62. The van der Waals surface area contributed by atoms with E-state index in [-0.39, 0.29) is 12.1 Å². The summed E-state index contributed by atoms with van der Waals surface area (Å²) < 4.78 is 0. The first-order valence-electron chi connectivity index (χ1n) is 9.94. The van der Waals surface area contributed by atoms with Crippen LogP contribution in [0.15, 0.2) is 54.6 Å². The number of hydrogen-bond donors (Lipinski definition) is 1. The fourth-order valence-corrected chi connectivity index (χ4v) is 4.69. The fraction of sp³-hybridized carbons (Fsp3) is 0.435. The molecule has 136 valence electrons. The van der Waals surface area contributed by atoms with Gasteiger partial charge in [0.05, 0.1) is 18.2 Å². The molecule has 26 heavy (non-hydrogen) atoms. The van der Waals surface area contributed by atoms with Crippen molar-refractivity contribution >= 4 is 5.91 Å². The summed E-state index contributed by atoms with van der Waals surface area (Å²) in [7, 11) is 0. The Hall–Kier alpha value is -2.13. The van der Waals surface area contributed by atoms with Crippen molar-refractivity contribution < 1.29 is 10.1 Å². The van der Waals surface area contributed by atoms with Crippen LogP contribution < -0.4 is 5.32 Å². The summed E-state index contributed by atoms with van der Waals surface area (Å²) in [5.41, 5.74) is 3.25. The zero-order chi connectivity index (χ0) is 18.1. The van der Waals surface area contributed by atoms with Crippen LogP contribution in [0.4, 0.5) is 0 Å². The predicted molar refractivity (Wildman–Crippen MR) is 103 cm³/mol. The molecule has 0 radical (unpaired) electrons. The van der Waals surface area contributed by atoms with Gasteiger partial charge in [-0.3, -0.25) is 9.69 Å². The first-order valence-corrected chi connectivity index (χ1v) is 9.94. The number of nitrogens with two attached hydrogens (primary N) is 1. The number of hydrogen-bond acceptors (Lipinski definition) is 1. The van der Waals surface area contributed by atoms with Crippen LogP contribution in [0, 0.1) is 11.8 Å². The minimum Gasteiger partial charge on any atom is -0.320 e. The van der Waals surface area contributed by atoms with E-state index in [1.54, 1.807) is 0 Å². The van der Waals surface area contributed by atoms with Crippen molar-refractivity contribution in [2.75, 3.05) is 0 Å². The molecule has 1 amide bonds. The number of fused-ring (bicyclic) bond motifs is 1. The highest BCUT2D eigenvalue weighted by Crippen LogP contribution is 2.33. The van der Waals surface area contributed by atoms with E-state index in [4.69, 9.17) is 0 Å². The SMILES string of the molecule is C[C@@H]1[C@H](C)CCC[C@@H]1[NH2+][C@@H]1c2ccccc2C(=O)N1Cc1ccccc1. The molecule has 1 aliphatic heterocycles. The van der Waals surface area contributed by atoms with Gasteiger partial charge in [0.15, 0.2) is 6.17 Å². The predicted octanol–water partition coefficient (Wildman–Crippen LogP) is 3.73. The molecule has 4 rings (SSSR count). The molecule has 0 aromatic heterocycles. The number of carbonyl (C=O) groups excluding carboxylic acids is 1. The van der Waals surface area contributed by atoms with Crippen molar-refractivity contribution in [1.82, 2.24) is 4.90 Å². The molecule has 1 aliphatic carbocycles. The molecular weight excluding hydrogens is 320 g/mol. The molecule has 3 heteroatoms. The lowest BCUT2D eigenvalue weighted by atomic mass is 9.78. The average molecular weight is 349 g/mol. The highest BCUT2D eigenvalue weighted by Gasteiger charge is 2.42. The van der Waals surface area contributed by atoms with E-state index in [0.29, 0.717) is 18.5 Å². The van der Waals surface area contributed by atoms with Crippen LogP contribution in [-0.4, -0.2) is 16.8 Å². The summed E-state index contributed by atoms with van der Waals surface area (Å²) in [5.74, 6) is 1.62. The molecule has 1 saturated carbocycles. The van der Waals surface area contributed by atoms with Crippen molar-refractivity contribution in [3.05, 3.63) is 71.3 Å². The van der Waals surface area contributed by atoms with Crippen LogP contribution in [0.3, 0.4) is 0 Å². The maximum absolute atomic E-state index is 13.1. The van der Waals surface area contributed by atoms with Gasteiger partial charge in [-0.15, -0.1) is 0 Å². The highest BCUT2D eigenvalue weighted by molar-refractivity contribution is 5.98. The van der Waals surface area contributed by atoms with Gasteiger partial charge in [-0.25, -0.2) is 0 Å². The minimum atomic E-state index is 0.0941. The number of rotatable bonds is 4. The number of benzene rings is 2. The monoisotopic (exact) mass is 349 g/mol. The normalized spacial score (nSPS) is 28.2. The van der Waals surface area contributed by atoms with E-state index in [1.807, 2.05) is 30.3 Å². The van der Waals surface area contributed by atoms with E-state index in [1.165, 1.54) is 30.4 Å². The van der Waals surface area contributed by atoms with E-state index >= 15 is 0 Å². The van der Waals surface area contributed by atoms with Gasteiger partial charge < -0.3 is 5.32 Å². The van der Waals surface area contributed by atoms with E-state index in [9.17, 15) is 4.79 Å². The second kappa shape index (κ2) is 7.24. The Kier molecular flexibility index (Phi) is 4.82. The van der Waals surface area contributed by atoms with E-state index < -0.39 is 0 Å². The molecule has 4 atom stereocenters. The van der Waals surface area contributed by atoms with Gasteiger partial charge >= 0.3 is 0 Å².